The van der Waals surface area contributed by atoms with Gasteiger partial charge in [-0.2, -0.15) is 0 Å². The van der Waals surface area contributed by atoms with E-state index in [0.717, 1.165) is 51.4 Å². The molecule has 5 amide bonds. The number of hydrogen-bond acceptors (Lipinski definition) is 7. The summed E-state index contributed by atoms with van der Waals surface area (Å²) in [6.45, 7) is 13.0. The fraction of sp³-hybridized carbons (Fsp3) is 0.853. The molecule has 12 nitrogen and oxygen atoms in total. The first kappa shape index (κ1) is 37.1. The molecule has 2 unspecified atom stereocenters. The summed E-state index contributed by atoms with van der Waals surface area (Å²) in [5.74, 6) is -3.15. The first-order valence-corrected chi connectivity index (χ1v) is 19.1. The van der Waals surface area contributed by atoms with Crippen LogP contribution < -0.4 is 21.7 Å². The van der Waals surface area contributed by atoms with Gasteiger partial charge in [0, 0.05) is 12.6 Å². The molecule has 13 heteroatoms. The number of sulfone groups is 1. The van der Waals surface area contributed by atoms with Crippen LogP contribution in [-0.4, -0.2) is 84.1 Å². The lowest BCUT2D eigenvalue weighted by molar-refractivity contribution is -0.144. The number of urea groups is 1. The number of hydrogen-bond donors (Lipinski definition) is 4. The van der Waals surface area contributed by atoms with Crippen LogP contribution in [0.25, 0.3) is 0 Å². The Morgan fingerprint density at radius 3 is 2.04 bits per heavy atom. The summed E-state index contributed by atoms with van der Waals surface area (Å²) < 4.78 is 25.0. The average molecular weight is 680 g/mol. The molecule has 4 fully saturated rings. The van der Waals surface area contributed by atoms with Crippen molar-refractivity contribution in [3.63, 3.8) is 0 Å². The number of nitrogens with zero attached hydrogens (tertiary/aromatic N) is 1. The van der Waals surface area contributed by atoms with E-state index in [4.69, 9.17) is 5.73 Å². The summed E-state index contributed by atoms with van der Waals surface area (Å²) in [5, 5.41) is 8.57. The number of likely N-dealkylation sites (tertiary alicyclic amines) is 1. The molecular formula is C34H57N5O7S. The highest BCUT2D eigenvalue weighted by atomic mass is 32.2. The maximum Gasteiger partial charge on any atom is 0.315 e. The average Bonchev–Trinajstić information content (AvgIpc) is 3.26. The van der Waals surface area contributed by atoms with Gasteiger partial charge in [0.1, 0.15) is 12.1 Å². The van der Waals surface area contributed by atoms with Gasteiger partial charge in [-0.1, -0.05) is 66.2 Å². The molecule has 0 spiro atoms. The molecule has 266 valence electrons. The summed E-state index contributed by atoms with van der Waals surface area (Å²) in [5.41, 5.74) is 5.16. The first-order valence-electron chi connectivity index (χ1n) is 17.5. The van der Waals surface area contributed by atoms with Crippen molar-refractivity contribution in [3.8, 4) is 0 Å². The Labute approximate surface area is 280 Å². The van der Waals surface area contributed by atoms with Crippen molar-refractivity contribution in [2.24, 2.45) is 40.7 Å². The van der Waals surface area contributed by atoms with Gasteiger partial charge in [0.15, 0.2) is 9.84 Å². The minimum atomic E-state index is -3.54. The normalized spacial score (nSPS) is 26.4. The number of ketones is 1. The van der Waals surface area contributed by atoms with Crippen LogP contribution in [0.4, 0.5) is 4.79 Å². The Morgan fingerprint density at radius 1 is 0.915 bits per heavy atom. The van der Waals surface area contributed by atoms with Crippen molar-refractivity contribution < 1.29 is 32.4 Å². The summed E-state index contributed by atoms with van der Waals surface area (Å²) in [4.78, 5) is 68.2. The van der Waals surface area contributed by atoms with Gasteiger partial charge in [0.05, 0.1) is 16.5 Å². The third-order valence-electron chi connectivity index (χ3n) is 11.6. The van der Waals surface area contributed by atoms with Crippen molar-refractivity contribution in [3.05, 3.63) is 0 Å². The molecule has 3 aliphatic carbocycles. The third-order valence-corrected chi connectivity index (χ3v) is 14.2. The zero-order chi connectivity index (χ0) is 35.1. The van der Waals surface area contributed by atoms with Gasteiger partial charge < -0.3 is 26.6 Å². The Hall–Kier alpha value is -2.70. The van der Waals surface area contributed by atoms with Crippen LogP contribution in [0.1, 0.15) is 106 Å². The fourth-order valence-electron chi connectivity index (χ4n) is 7.80. The van der Waals surface area contributed by atoms with Gasteiger partial charge in [-0.05, 0) is 75.0 Å². The van der Waals surface area contributed by atoms with Crippen molar-refractivity contribution in [1.82, 2.24) is 20.9 Å². The summed E-state index contributed by atoms with van der Waals surface area (Å²) in [7, 11) is -3.54. The Kier molecular flexibility index (Phi) is 11.1. The zero-order valence-electron chi connectivity index (χ0n) is 29.3. The molecule has 0 aromatic heterocycles. The van der Waals surface area contributed by atoms with Crippen LogP contribution in [0.2, 0.25) is 0 Å². The number of carbonyl (C=O) groups excluding carboxylic acids is 5. The molecular weight excluding hydrogens is 622 g/mol. The van der Waals surface area contributed by atoms with Gasteiger partial charge in [-0.25, -0.2) is 13.2 Å². The lowest BCUT2D eigenvalue weighted by atomic mass is 9.80. The maximum absolute atomic E-state index is 14.5. The highest BCUT2D eigenvalue weighted by molar-refractivity contribution is 7.92. The fourth-order valence-corrected chi connectivity index (χ4v) is 9.24. The van der Waals surface area contributed by atoms with Crippen molar-refractivity contribution in [1.29, 1.82) is 0 Å². The van der Waals surface area contributed by atoms with E-state index in [1.54, 1.807) is 25.7 Å². The number of nitrogens with one attached hydrogen (secondary N) is 3. The molecule has 0 aromatic rings. The van der Waals surface area contributed by atoms with Crippen LogP contribution >= 0.6 is 0 Å². The summed E-state index contributed by atoms with van der Waals surface area (Å²) in [6.07, 6.45) is 7.54. The van der Waals surface area contributed by atoms with Crippen LogP contribution in [0.15, 0.2) is 0 Å². The van der Waals surface area contributed by atoms with Crippen LogP contribution in [0, 0.1) is 35.0 Å². The number of Topliss-reactive ketones (excluding diaryl/α,β-unsaturated/α-hetero) is 1. The number of primary amides is 1. The smallest absolute Gasteiger partial charge is 0.315 e. The Balaban J connectivity index is 1.55. The predicted molar refractivity (Wildman–Crippen MR) is 179 cm³/mol. The first-order chi connectivity index (χ1) is 21.8. The van der Waals surface area contributed by atoms with Crippen LogP contribution in [0.5, 0.6) is 0 Å². The van der Waals surface area contributed by atoms with Crippen molar-refractivity contribution in [2.75, 3.05) is 12.3 Å². The SMILES string of the molecule is CC(C)[C@@H](CS(=O)(=O)C(C)(C)C)NC(=O)N[C@H](C(=O)N1CC2[C@@H]([C@H]1C(=O)NC(CC1CCC1)C(=O)C(N)=O)C2(C)C)C1CCCCC1. The lowest BCUT2D eigenvalue weighted by Crippen LogP contribution is -2.61. The number of nitrogens with two attached hydrogens (primary N) is 1. The van der Waals surface area contributed by atoms with Crippen molar-refractivity contribution in [2.45, 2.75) is 135 Å². The molecule has 1 aliphatic heterocycles. The number of rotatable bonds is 13. The quantitative estimate of drug-likeness (QED) is 0.216. The number of piperidine rings is 1. The minimum Gasteiger partial charge on any atom is -0.363 e. The highest BCUT2D eigenvalue weighted by Gasteiger charge is 2.69. The van der Waals surface area contributed by atoms with Gasteiger partial charge in [0.25, 0.3) is 5.91 Å². The second-order valence-electron chi connectivity index (χ2n) is 16.4. The molecule has 1 heterocycles. The largest absolute Gasteiger partial charge is 0.363 e. The van der Waals surface area contributed by atoms with E-state index < -0.39 is 62.4 Å². The molecule has 4 rings (SSSR count). The second-order valence-corrected chi connectivity index (χ2v) is 19.2. The molecule has 6 atom stereocenters. The van der Waals surface area contributed by atoms with E-state index in [2.05, 4.69) is 29.8 Å². The molecule has 1 saturated heterocycles. The van der Waals surface area contributed by atoms with Gasteiger partial charge in [0.2, 0.25) is 17.6 Å². The van der Waals surface area contributed by atoms with Gasteiger partial charge >= 0.3 is 6.03 Å². The van der Waals surface area contributed by atoms with Crippen molar-refractivity contribution >= 4 is 39.4 Å². The minimum absolute atomic E-state index is 0.0767. The molecule has 0 bridgehead atoms. The molecule has 3 saturated carbocycles. The van der Waals surface area contributed by atoms with E-state index >= 15 is 0 Å². The lowest BCUT2D eigenvalue weighted by Gasteiger charge is -2.37. The monoisotopic (exact) mass is 679 g/mol. The van der Waals surface area contributed by atoms with Gasteiger partial charge in [-0.15, -0.1) is 0 Å². The Morgan fingerprint density at radius 2 is 1.53 bits per heavy atom. The molecule has 4 aliphatic rings. The second kappa shape index (κ2) is 14.0. The summed E-state index contributed by atoms with van der Waals surface area (Å²) >= 11 is 0. The van der Waals surface area contributed by atoms with E-state index in [1.165, 1.54) is 0 Å². The molecule has 0 radical (unpaired) electrons. The van der Waals surface area contributed by atoms with Gasteiger partial charge in [-0.3, -0.25) is 19.2 Å². The predicted octanol–water partition coefficient (Wildman–Crippen LogP) is 2.68. The topological polar surface area (TPSA) is 185 Å². The molecule has 5 N–H and O–H groups in total. The Bertz CT molecular complexity index is 1330. The van der Waals surface area contributed by atoms with E-state index in [-0.39, 0.29) is 46.7 Å². The third kappa shape index (κ3) is 8.13. The highest BCUT2D eigenvalue weighted by Crippen LogP contribution is 2.65. The number of amides is 5. The summed E-state index contributed by atoms with van der Waals surface area (Å²) in [6, 6.07) is -4.09. The van der Waals surface area contributed by atoms with E-state index in [9.17, 15) is 32.4 Å². The van der Waals surface area contributed by atoms with E-state index in [1.807, 2.05) is 13.8 Å². The molecule has 47 heavy (non-hydrogen) atoms. The molecule has 0 aromatic carbocycles. The maximum atomic E-state index is 14.5. The number of fused-ring (bicyclic) bond motifs is 1. The van der Waals surface area contributed by atoms with E-state index in [0.29, 0.717) is 13.0 Å². The number of carbonyl (C=O) groups is 5. The van der Waals surface area contributed by atoms with Crippen LogP contribution in [-0.2, 0) is 29.0 Å². The standard InChI is InChI=1S/C34H57N5O7S/c1-19(2)24(18-47(45,46)33(3,4)5)37-32(44)38-26(21-14-9-8-10-15-21)31(43)39-17-22-25(34(22,6)7)27(39)30(42)36-23(28(40)29(35)41)16-20-12-11-13-20/h19-27H,8-18H2,1-7H3,(H2,35,41)(H,36,42)(H2,37,38,44)/t22?,23?,24-,25+,26+,27+/m1/s1. The van der Waals surface area contributed by atoms with Crippen LogP contribution in [0.3, 0.4) is 0 Å². The zero-order valence-corrected chi connectivity index (χ0v) is 30.1.